The van der Waals surface area contributed by atoms with Crippen LogP contribution >= 0.6 is 0 Å². The minimum atomic E-state index is -3.19. The summed E-state index contributed by atoms with van der Waals surface area (Å²) in [5.41, 5.74) is -0.594. The van der Waals surface area contributed by atoms with E-state index in [1.165, 1.54) is 0 Å². The Hall–Kier alpha value is -2.58. The van der Waals surface area contributed by atoms with Crippen molar-refractivity contribution in [2.75, 3.05) is 0 Å². The van der Waals surface area contributed by atoms with Crippen LogP contribution in [-0.2, 0) is 6.54 Å². The quantitative estimate of drug-likeness (QED) is 0.862. The summed E-state index contributed by atoms with van der Waals surface area (Å²) in [6.45, 7) is -3.58. The van der Waals surface area contributed by atoms with Gasteiger partial charge in [-0.2, -0.15) is 13.9 Å². The molecule has 0 atom stereocenters. The molecule has 0 radical (unpaired) electrons. The first-order chi connectivity index (χ1) is 9.86. The third-order valence-corrected chi connectivity index (χ3v) is 2.51. The van der Waals surface area contributed by atoms with E-state index in [0.29, 0.717) is 6.07 Å². The van der Waals surface area contributed by atoms with Crippen LogP contribution in [0.2, 0.25) is 0 Å². The monoisotopic (exact) mass is 304 g/mol. The van der Waals surface area contributed by atoms with Crippen LogP contribution in [0, 0.1) is 11.6 Å². The van der Waals surface area contributed by atoms with Gasteiger partial charge in [0.2, 0.25) is 5.88 Å². The van der Waals surface area contributed by atoms with E-state index < -0.39 is 35.8 Å². The molecule has 1 heterocycles. The van der Waals surface area contributed by atoms with Gasteiger partial charge in [-0.1, -0.05) is 6.07 Å². The van der Waals surface area contributed by atoms with Crippen molar-refractivity contribution in [1.29, 1.82) is 0 Å². The zero-order valence-electron chi connectivity index (χ0n) is 10.3. The predicted octanol–water partition coefficient (Wildman–Crippen LogP) is 2.51. The van der Waals surface area contributed by atoms with Crippen molar-refractivity contribution in [3.63, 3.8) is 0 Å². The lowest BCUT2D eigenvalue weighted by molar-refractivity contribution is -0.0556. The number of carboxylic acid groups (broad SMARTS) is 1. The summed E-state index contributed by atoms with van der Waals surface area (Å²) in [6, 6.07) is 3.48. The minimum absolute atomic E-state index is 0.0597. The second-order valence-electron chi connectivity index (χ2n) is 3.94. The highest BCUT2D eigenvalue weighted by Gasteiger charge is 2.18. The van der Waals surface area contributed by atoms with Gasteiger partial charge in [-0.25, -0.2) is 18.3 Å². The largest absolute Gasteiger partial charge is 0.476 e. The molecule has 2 rings (SSSR count). The van der Waals surface area contributed by atoms with Gasteiger partial charge in [-0.05, 0) is 6.07 Å². The molecule has 0 aliphatic rings. The molecule has 1 aromatic heterocycles. The Labute approximate surface area is 115 Å². The maximum absolute atomic E-state index is 13.5. The van der Waals surface area contributed by atoms with Crippen LogP contribution in [0.3, 0.4) is 0 Å². The highest BCUT2D eigenvalue weighted by Crippen LogP contribution is 2.19. The van der Waals surface area contributed by atoms with Gasteiger partial charge in [0.1, 0.15) is 11.6 Å². The SMILES string of the molecule is O=C(O)c1cc(OC(F)F)n(Cc2ccc(F)cc2F)n1. The topological polar surface area (TPSA) is 64.3 Å². The predicted molar refractivity (Wildman–Crippen MR) is 61.3 cm³/mol. The molecule has 0 saturated carbocycles. The Balaban J connectivity index is 2.35. The zero-order chi connectivity index (χ0) is 15.6. The molecule has 0 saturated heterocycles. The van der Waals surface area contributed by atoms with Crippen molar-refractivity contribution in [3.8, 4) is 5.88 Å². The summed E-state index contributed by atoms with van der Waals surface area (Å²) in [5, 5.41) is 12.3. The van der Waals surface area contributed by atoms with E-state index in [4.69, 9.17) is 5.11 Å². The number of halogens is 4. The van der Waals surface area contributed by atoms with E-state index in [1.807, 2.05) is 0 Å². The second-order valence-corrected chi connectivity index (χ2v) is 3.94. The van der Waals surface area contributed by atoms with Gasteiger partial charge < -0.3 is 9.84 Å². The highest BCUT2D eigenvalue weighted by atomic mass is 19.3. The Morgan fingerprint density at radius 1 is 1.33 bits per heavy atom. The molecule has 1 aromatic carbocycles. The van der Waals surface area contributed by atoms with Gasteiger partial charge >= 0.3 is 12.6 Å². The van der Waals surface area contributed by atoms with Crippen LogP contribution in [0.4, 0.5) is 17.6 Å². The van der Waals surface area contributed by atoms with Crippen LogP contribution < -0.4 is 4.74 Å². The molecule has 0 spiro atoms. The molecule has 2 aromatic rings. The molecule has 0 bridgehead atoms. The number of aromatic nitrogens is 2. The third-order valence-electron chi connectivity index (χ3n) is 2.51. The van der Waals surface area contributed by atoms with E-state index in [9.17, 15) is 22.4 Å². The van der Waals surface area contributed by atoms with Crippen LogP contribution in [0.25, 0.3) is 0 Å². The Morgan fingerprint density at radius 3 is 2.62 bits per heavy atom. The van der Waals surface area contributed by atoms with Crippen molar-refractivity contribution in [1.82, 2.24) is 9.78 Å². The summed E-state index contributed by atoms with van der Waals surface area (Å²) < 4.78 is 55.7. The fourth-order valence-corrected chi connectivity index (χ4v) is 1.61. The first kappa shape index (κ1) is 14.8. The number of rotatable bonds is 5. The van der Waals surface area contributed by atoms with Gasteiger partial charge in [-0.15, -0.1) is 0 Å². The fourth-order valence-electron chi connectivity index (χ4n) is 1.61. The molecule has 0 aliphatic carbocycles. The normalized spacial score (nSPS) is 10.9. The van der Waals surface area contributed by atoms with Gasteiger partial charge in [0.25, 0.3) is 0 Å². The molecular formula is C12H8F4N2O3. The van der Waals surface area contributed by atoms with E-state index in [0.717, 1.165) is 22.9 Å². The van der Waals surface area contributed by atoms with E-state index >= 15 is 0 Å². The van der Waals surface area contributed by atoms with Gasteiger partial charge in [0.05, 0.1) is 6.54 Å². The first-order valence-electron chi connectivity index (χ1n) is 5.56. The average Bonchev–Trinajstić information content (AvgIpc) is 2.75. The number of carboxylic acids is 1. The fraction of sp³-hybridized carbons (Fsp3) is 0.167. The van der Waals surface area contributed by atoms with Crippen molar-refractivity contribution in [2.45, 2.75) is 13.2 Å². The van der Waals surface area contributed by atoms with E-state index in [-0.39, 0.29) is 12.1 Å². The van der Waals surface area contributed by atoms with E-state index in [1.54, 1.807) is 0 Å². The molecule has 0 amide bonds. The lowest BCUT2D eigenvalue weighted by Crippen LogP contribution is -2.11. The highest BCUT2D eigenvalue weighted by molar-refractivity contribution is 5.85. The lowest BCUT2D eigenvalue weighted by atomic mass is 10.2. The number of alkyl halides is 2. The number of ether oxygens (including phenoxy) is 1. The minimum Gasteiger partial charge on any atom is -0.476 e. The van der Waals surface area contributed by atoms with Crippen LogP contribution in [0.15, 0.2) is 24.3 Å². The molecule has 0 fully saturated rings. The molecule has 9 heteroatoms. The van der Waals surface area contributed by atoms with Crippen molar-refractivity contribution in [2.24, 2.45) is 0 Å². The molecule has 5 nitrogen and oxygen atoms in total. The molecule has 0 aliphatic heterocycles. The maximum Gasteiger partial charge on any atom is 0.388 e. The molecular weight excluding hydrogens is 296 g/mol. The smallest absolute Gasteiger partial charge is 0.388 e. The summed E-state index contributed by atoms with van der Waals surface area (Å²) >= 11 is 0. The van der Waals surface area contributed by atoms with Crippen molar-refractivity contribution in [3.05, 3.63) is 47.2 Å². The number of benzene rings is 1. The third kappa shape index (κ3) is 3.50. The lowest BCUT2D eigenvalue weighted by Gasteiger charge is -2.08. The zero-order valence-corrected chi connectivity index (χ0v) is 10.3. The average molecular weight is 304 g/mol. The number of carbonyl (C=O) groups is 1. The Bertz CT molecular complexity index is 673. The van der Waals surface area contributed by atoms with Gasteiger partial charge in [0.15, 0.2) is 5.69 Å². The van der Waals surface area contributed by atoms with E-state index in [2.05, 4.69) is 9.84 Å². The number of hydrogen-bond acceptors (Lipinski definition) is 3. The summed E-state index contributed by atoms with van der Waals surface area (Å²) in [4.78, 5) is 10.8. The maximum atomic E-state index is 13.5. The molecule has 112 valence electrons. The first-order valence-corrected chi connectivity index (χ1v) is 5.56. The van der Waals surface area contributed by atoms with Crippen molar-refractivity contribution >= 4 is 5.97 Å². The van der Waals surface area contributed by atoms with Crippen molar-refractivity contribution < 1.29 is 32.2 Å². The van der Waals surface area contributed by atoms with Crippen LogP contribution in [0.5, 0.6) is 5.88 Å². The van der Waals surface area contributed by atoms with Gasteiger partial charge in [-0.3, -0.25) is 0 Å². The second kappa shape index (κ2) is 5.81. The number of nitrogens with zero attached hydrogens (tertiary/aromatic N) is 2. The summed E-state index contributed by atoms with van der Waals surface area (Å²) in [7, 11) is 0. The van der Waals surface area contributed by atoms with Crippen LogP contribution in [0.1, 0.15) is 16.1 Å². The van der Waals surface area contributed by atoms with Crippen LogP contribution in [-0.4, -0.2) is 27.5 Å². The number of hydrogen-bond donors (Lipinski definition) is 1. The number of aromatic carboxylic acids is 1. The Kier molecular flexibility index (Phi) is 4.10. The Morgan fingerprint density at radius 2 is 2.05 bits per heavy atom. The summed E-state index contributed by atoms with van der Waals surface area (Å²) in [5.74, 6) is -3.70. The van der Waals surface area contributed by atoms with Gasteiger partial charge in [0, 0.05) is 17.7 Å². The summed E-state index contributed by atoms with van der Waals surface area (Å²) in [6.07, 6.45) is 0. The molecule has 1 N–H and O–H groups in total. The molecule has 0 unspecified atom stereocenters. The standard InChI is InChI=1S/C12H8F4N2O3/c13-7-2-1-6(8(14)3-7)5-18-10(21-12(15)16)4-9(17-18)11(19)20/h1-4,12H,5H2,(H,19,20). The molecule has 21 heavy (non-hydrogen) atoms.